The SMILES string of the molecule is COc1cc(Br)cc([C@H]2N[C@H](C(=O)O)CS2)c1O. The lowest BCUT2D eigenvalue weighted by atomic mass is 10.1. The van der Waals surface area contributed by atoms with Crippen LogP contribution in [0.5, 0.6) is 11.5 Å². The zero-order chi connectivity index (χ0) is 13.3. The average molecular weight is 334 g/mol. The Morgan fingerprint density at radius 1 is 1.61 bits per heavy atom. The van der Waals surface area contributed by atoms with Crippen molar-refractivity contribution >= 4 is 33.7 Å². The predicted octanol–water partition coefficient (Wildman–Crippen LogP) is 1.95. The molecule has 1 heterocycles. The minimum atomic E-state index is -0.883. The number of carboxylic acids is 1. The van der Waals surface area contributed by atoms with Crippen molar-refractivity contribution in [2.24, 2.45) is 0 Å². The van der Waals surface area contributed by atoms with E-state index in [1.165, 1.54) is 18.9 Å². The molecule has 2 atom stereocenters. The van der Waals surface area contributed by atoms with Gasteiger partial charge in [0, 0.05) is 15.8 Å². The molecule has 0 unspecified atom stereocenters. The van der Waals surface area contributed by atoms with Crippen LogP contribution >= 0.6 is 27.7 Å². The van der Waals surface area contributed by atoms with Gasteiger partial charge in [-0.2, -0.15) is 0 Å². The Morgan fingerprint density at radius 3 is 2.89 bits per heavy atom. The van der Waals surface area contributed by atoms with Crippen LogP contribution in [-0.2, 0) is 4.79 Å². The first-order chi connectivity index (χ1) is 8.52. The Labute approximate surface area is 117 Å². The summed E-state index contributed by atoms with van der Waals surface area (Å²) in [7, 11) is 1.47. The Hall–Kier alpha value is -0.920. The number of halogens is 1. The van der Waals surface area contributed by atoms with Crippen molar-refractivity contribution < 1.29 is 19.7 Å². The maximum Gasteiger partial charge on any atom is 0.321 e. The van der Waals surface area contributed by atoms with E-state index in [2.05, 4.69) is 21.2 Å². The van der Waals surface area contributed by atoms with Crippen LogP contribution in [0.1, 0.15) is 10.9 Å². The summed E-state index contributed by atoms with van der Waals surface area (Å²) in [5.74, 6) is -0.0161. The van der Waals surface area contributed by atoms with Crippen LogP contribution in [0, 0.1) is 0 Å². The summed E-state index contributed by atoms with van der Waals surface area (Å²) in [6, 6.07) is 2.82. The fourth-order valence-electron chi connectivity index (χ4n) is 1.74. The molecule has 3 N–H and O–H groups in total. The summed E-state index contributed by atoms with van der Waals surface area (Å²) in [6.45, 7) is 0. The molecular formula is C11H12BrNO4S. The molecule has 1 aromatic carbocycles. The van der Waals surface area contributed by atoms with Gasteiger partial charge in [-0.15, -0.1) is 11.8 Å². The van der Waals surface area contributed by atoms with Gasteiger partial charge >= 0.3 is 5.97 Å². The van der Waals surface area contributed by atoms with Crippen molar-refractivity contribution in [2.75, 3.05) is 12.9 Å². The van der Waals surface area contributed by atoms with Crippen LogP contribution in [0.4, 0.5) is 0 Å². The van der Waals surface area contributed by atoms with Crippen LogP contribution in [0.15, 0.2) is 16.6 Å². The normalized spacial score (nSPS) is 23.0. The number of rotatable bonds is 3. The van der Waals surface area contributed by atoms with Gasteiger partial charge in [-0.05, 0) is 12.1 Å². The van der Waals surface area contributed by atoms with Crippen molar-refractivity contribution in [1.29, 1.82) is 0 Å². The molecule has 18 heavy (non-hydrogen) atoms. The van der Waals surface area contributed by atoms with Crippen molar-refractivity contribution in [3.63, 3.8) is 0 Å². The van der Waals surface area contributed by atoms with Gasteiger partial charge in [0.1, 0.15) is 6.04 Å². The number of hydrogen-bond acceptors (Lipinski definition) is 5. The highest BCUT2D eigenvalue weighted by Gasteiger charge is 2.32. The van der Waals surface area contributed by atoms with E-state index in [1.807, 2.05) is 0 Å². The van der Waals surface area contributed by atoms with E-state index >= 15 is 0 Å². The molecule has 0 aromatic heterocycles. The molecule has 98 valence electrons. The standard InChI is InChI=1S/C11H12BrNO4S/c1-17-8-3-5(12)2-6(9(8)14)10-13-7(4-18-10)11(15)16/h2-3,7,10,13-14H,4H2,1H3,(H,15,16)/t7-,10-/m0/s1. The molecule has 0 aliphatic carbocycles. The third kappa shape index (κ3) is 2.57. The number of phenols is 1. The molecule has 1 aliphatic heterocycles. The Morgan fingerprint density at radius 2 is 2.33 bits per heavy atom. The predicted molar refractivity (Wildman–Crippen MR) is 72.1 cm³/mol. The number of carbonyl (C=O) groups is 1. The Kier molecular flexibility index (Phi) is 4.04. The Bertz CT molecular complexity index is 482. The van der Waals surface area contributed by atoms with Gasteiger partial charge in [0.25, 0.3) is 0 Å². The fourth-order valence-corrected chi connectivity index (χ4v) is 3.44. The smallest absolute Gasteiger partial charge is 0.321 e. The lowest BCUT2D eigenvalue weighted by Crippen LogP contribution is -2.33. The molecule has 5 nitrogen and oxygen atoms in total. The van der Waals surface area contributed by atoms with Gasteiger partial charge < -0.3 is 14.9 Å². The minimum Gasteiger partial charge on any atom is -0.504 e. The van der Waals surface area contributed by atoms with E-state index in [-0.39, 0.29) is 11.1 Å². The number of phenolic OH excluding ortho intramolecular Hbond substituents is 1. The number of nitrogens with one attached hydrogen (secondary N) is 1. The first-order valence-corrected chi connectivity index (χ1v) is 7.04. The molecule has 0 spiro atoms. The summed E-state index contributed by atoms with van der Waals surface area (Å²) in [5.41, 5.74) is 0.620. The summed E-state index contributed by atoms with van der Waals surface area (Å²) in [4.78, 5) is 10.9. The number of ether oxygens (including phenoxy) is 1. The van der Waals surface area contributed by atoms with Crippen LogP contribution in [0.3, 0.4) is 0 Å². The summed E-state index contributed by atoms with van der Waals surface area (Å²) in [5, 5.41) is 21.7. The number of thioether (sulfide) groups is 1. The highest BCUT2D eigenvalue weighted by Crippen LogP contribution is 2.43. The number of aromatic hydroxyl groups is 1. The van der Waals surface area contributed by atoms with E-state index in [0.29, 0.717) is 17.1 Å². The van der Waals surface area contributed by atoms with Gasteiger partial charge in [-0.25, -0.2) is 0 Å². The van der Waals surface area contributed by atoms with Gasteiger partial charge in [0.05, 0.1) is 12.5 Å². The minimum absolute atomic E-state index is 0.0386. The van der Waals surface area contributed by atoms with Crippen LogP contribution in [-0.4, -0.2) is 35.1 Å². The molecule has 0 radical (unpaired) electrons. The van der Waals surface area contributed by atoms with Gasteiger partial charge in [-0.3, -0.25) is 10.1 Å². The van der Waals surface area contributed by atoms with Crippen LogP contribution in [0.25, 0.3) is 0 Å². The number of carboxylic acid groups (broad SMARTS) is 1. The second kappa shape index (κ2) is 5.38. The molecule has 1 aromatic rings. The second-order valence-corrected chi connectivity index (χ2v) is 5.87. The van der Waals surface area contributed by atoms with Crippen molar-refractivity contribution in [3.05, 3.63) is 22.2 Å². The van der Waals surface area contributed by atoms with E-state index in [1.54, 1.807) is 12.1 Å². The third-order valence-corrected chi connectivity index (χ3v) is 4.36. The number of hydrogen-bond donors (Lipinski definition) is 3. The zero-order valence-electron chi connectivity index (χ0n) is 9.51. The number of benzene rings is 1. The lowest BCUT2D eigenvalue weighted by molar-refractivity contribution is -0.138. The topological polar surface area (TPSA) is 78.8 Å². The van der Waals surface area contributed by atoms with Crippen LogP contribution < -0.4 is 10.1 Å². The van der Waals surface area contributed by atoms with E-state index in [9.17, 15) is 9.90 Å². The molecule has 1 saturated heterocycles. The monoisotopic (exact) mass is 333 g/mol. The first kappa shape index (κ1) is 13.5. The summed E-state index contributed by atoms with van der Waals surface area (Å²) in [6.07, 6.45) is 0. The maximum absolute atomic E-state index is 10.9. The zero-order valence-corrected chi connectivity index (χ0v) is 11.9. The molecule has 7 heteroatoms. The summed E-state index contributed by atoms with van der Waals surface area (Å²) >= 11 is 4.78. The van der Waals surface area contributed by atoms with E-state index < -0.39 is 12.0 Å². The second-order valence-electron chi connectivity index (χ2n) is 3.82. The van der Waals surface area contributed by atoms with Gasteiger partial charge in [0.2, 0.25) is 0 Å². The highest BCUT2D eigenvalue weighted by atomic mass is 79.9. The Balaban J connectivity index is 2.29. The maximum atomic E-state index is 10.9. The molecule has 1 aliphatic rings. The highest BCUT2D eigenvalue weighted by molar-refractivity contribution is 9.10. The quantitative estimate of drug-likeness (QED) is 0.784. The van der Waals surface area contributed by atoms with Gasteiger partial charge in [-0.1, -0.05) is 15.9 Å². The third-order valence-electron chi connectivity index (χ3n) is 2.65. The molecule has 0 bridgehead atoms. The van der Waals surface area contributed by atoms with Gasteiger partial charge in [0.15, 0.2) is 11.5 Å². The van der Waals surface area contributed by atoms with Crippen molar-refractivity contribution in [3.8, 4) is 11.5 Å². The van der Waals surface area contributed by atoms with Crippen molar-refractivity contribution in [2.45, 2.75) is 11.4 Å². The molecule has 2 rings (SSSR count). The first-order valence-electron chi connectivity index (χ1n) is 5.19. The average Bonchev–Trinajstić information content (AvgIpc) is 2.81. The molecule has 1 fully saturated rings. The number of methoxy groups -OCH3 is 1. The number of aliphatic carboxylic acids is 1. The molecule has 0 saturated carbocycles. The van der Waals surface area contributed by atoms with E-state index in [4.69, 9.17) is 9.84 Å². The van der Waals surface area contributed by atoms with E-state index in [0.717, 1.165) is 4.47 Å². The largest absolute Gasteiger partial charge is 0.504 e. The lowest BCUT2D eigenvalue weighted by Gasteiger charge is -2.15. The molecular weight excluding hydrogens is 322 g/mol. The summed E-state index contributed by atoms with van der Waals surface area (Å²) < 4.78 is 5.84. The fraction of sp³-hybridized carbons (Fsp3) is 0.364. The van der Waals surface area contributed by atoms with Crippen molar-refractivity contribution in [1.82, 2.24) is 5.32 Å². The van der Waals surface area contributed by atoms with Crippen LogP contribution in [0.2, 0.25) is 0 Å². The molecule has 0 amide bonds.